The van der Waals surface area contributed by atoms with Crippen LogP contribution >= 0.6 is 15.9 Å². The minimum Gasteiger partial charge on any atom is -0.326 e. The second-order valence-corrected chi connectivity index (χ2v) is 5.06. The van der Waals surface area contributed by atoms with Gasteiger partial charge >= 0.3 is 0 Å². The summed E-state index contributed by atoms with van der Waals surface area (Å²) >= 11 is 3.31. The van der Waals surface area contributed by atoms with Crippen LogP contribution in [-0.2, 0) is 9.59 Å². The van der Waals surface area contributed by atoms with Gasteiger partial charge in [-0.1, -0.05) is 34.1 Å². The van der Waals surface area contributed by atoms with Gasteiger partial charge in [0.25, 0.3) is 0 Å². The Morgan fingerprint density at radius 3 is 1.85 bits per heavy atom. The molecule has 0 radical (unpaired) electrons. The van der Waals surface area contributed by atoms with Crippen molar-refractivity contribution in [3.8, 4) is 0 Å². The predicted molar refractivity (Wildman–Crippen MR) is 82.5 cm³/mol. The number of nitrogens with one attached hydrogen (secondary N) is 2. The van der Waals surface area contributed by atoms with Gasteiger partial charge in [-0.2, -0.15) is 0 Å². The third-order valence-corrected chi connectivity index (χ3v) is 3.04. The van der Waals surface area contributed by atoms with Crippen LogP contribution in [0.4, 0.5) is 11.4 Å². The molecule has 20 heavy (non-hydrogen) atoms. The Balaban J connectivity index is 1.85. The molecule has 0 saturated carbocycles. The van der Waals surface area contributed by atoms with Crippen LogP contribution < -0.4 is 10.6 Å². The summed E-state index contributed by atoms with van der Waals surface area (Å²) < 4.78 is 0.928. The minimum absolute atomic E-state index is 0.217. The van der Waals surface area contributed by atoms with Gasteiger partial charge in [-0.25, -0.2) is 0 Å². The zero-order chi connectivity index (χ0) is 14.4. The molecule has 2 aromatic carbocycles. The molecule has 2 rings (SSSR count). The molecule has 0 aromatic heterocycles. The van der Waals surface area contributed by atoms with E-state index in [-0.39, 0.29) is 18.2 Å². The Morgan fingerprint density at radius 1 is 0.800 bits per heavy atom. The van der Waals surface area contributed by atoms with Crippen LogP contribution in [0.2, 0.25) is 0 Å². The number of benzene rings is 2. The van der Waals surface area contributed by atoms with Crippen molar-refractivity contribution in [1.82, 2.24) is 0 Å². The van der Waals surface area contributed by atoms with Gasteiger partial charge in [0, 0.05) is 15.8 Å². The highest BCUT2D eigenvalue weighted by atomic mass is 79.9. The predicted octanol–water partition coefficient (Wildman–Crippen LogP) is 3.42. The van der Waals surface area contributed by atoms with E-state index in [9.17, 15) is 9.59 Å². The Kier molecular flexibility index (Phi) is 4.90. The normalized spacial score (nSPS) is 9.85. The zero-order valence-corrected chi connectivity index (χ0v) is 12.2. The van der Waals surface area contributed by atoms with Crippen LogP contribution in [0.25, 0.3) is 0 Å². The molecule has 0 aliphatic carbocycles. The van der Waals surface area contributed by atoms with E-state index in [0.717, 1.165) is 4.47 Å². The standard InChI is InChI=1S/C15H13BrN2O2/c16-11-6-8-13(9-7-11)18-15(20)10-14(19)17-12-4-2-1-3-5-12/h1-9H,10H2,(H,17,19)(H,18,20). The molecule has 4 nitrogen and oxygen atoms in total. The van der Waals surface area contributed by atoms with Crippen LogP contribution in [0.3, 0.4) is 0 Å². The minimum atomic E-state index is -0.347. The van der Waals surface area contributed by atoms with Gasteiger partial charge < -0.3 is 10.6 Å². The van der Waals surface area contributed by atoms with Gasteiger partial charge in [0.15, 0.2) is 0 Å². The molecule has 0 spiro atoms. The molecule has 2 N–H and O–H groups in total. The van der Waals surface area contributed by atoms with Gasteiger partial charge in [-0.05, 0) is 36.4 Å². The molecule has 0 aliphatic heterocycles. The molecule has 0 saturated heterocycles. The van der Waals surface area contributed by atoms with Crippen LogP contribution in [0, 0.1) is 0 Å². The lowest BCUT2D eigenvalue weighted by Gasteiger charge is -2.06. The molecule has 0 aliphatic rings. The van der Waals surface area contributed by atoms with E-state index < -0.39 is 0 Å². The molecule has 102 valence electrons. The summed E-state index contributed by atoms with van der Waals surface area (Å²) in [6, 6.07) is 16.2. The highest BCUT2D eigenvalue weighted by molar-refractivity contribution is 9.10. The SMILES string of the molecule is O=C(CC(=O)Nc1ccc(Br)cc1)Nc1ccccc1. The summed E-state index contributed by atoms with van der Waals surface area (Å²) in [7, 11) is 0. The summed E-state index contributed by atoms with van der Waals surface area (Å²) in [5.74, 6) is -0.688. The van der Waals surface area contributed by atoms with E-state index in [4.69, 9.17) is 0 Å². The molecule has 0 fully saturated rings. The number of para-hydroxylation sites is 1. The zero-order valence-electron chi connectivity index (χ0n) is 10.6. The number of hydrogen-bond acceptors (Lipinski definition) is 2. The number of anilines is 2. The third-order valence-electron chi connectivity index (χ3n) is 2.51. The lowest BCUT2D eigenvalue weighted by molar-refractivity contribution is -0.123. The van der Waals surface area contributed by atoms with Crippen LogP contribution in [0.1, 0.15) is 6.42 Å². The van der Waals surface area contributed by atoms with Crippen LogP contribution in [0.5, 0.6) is 0 Å². The molecular formula is C15H13BrN2O2. The largest absolute Gasteiger partial charge is 0.326 e. The van der Waals surface area contributed by atoms with Gasteiger partial charge in [-0.15, -0.1) is 0 Å². The Bertz CT molecular complexity index is 597. The van der Waals surface area contributed by atoms with Crippen molar-refractivity contribution >= 4 is 39.1 Å². The second kappa shape index (κ2) is 6.86. The molecule has 2 amide bonds. The van der Waals surface area contributed by atoms with E-state index in [2.05, 4.69) is 26.6 Å². The summed E-state index contributed by atoms with van der Waals surface area (Å²) in [5.41, 5.74) is 1.33. The molecule has 0 unspecified atom stereocenters. The molecular weight excluding hydrogens is 320 g/mol. The summed E-state index contributed by atoms with van der Waals surface area (Å²) in [5, 5.41) is 5.33. The van der Waals surface area contributed by atoms with Crippen molar-refractivity contribution < 1.29 is 9.59 Å². The van der Waals surface area contributed by atoms with Gasteiger partial charge in [0.05, 0.1) is 0 Å². The number of rotatable bonds is 4. The Morgan fingerprint density at radius 2 is 1.30 bits per heavy atom. The molecule has 0 bridgehead atoms. The molecule has 0 atom stereocenters. The van der Waals surface area contributed by atoms with Crippen LogP contribution in [-0.4, -0.2) is 11.8 Å². The van der Waals surface area contributed by atoms with Gasteiger partial charge in [0.1, 0.15) is 6.42 Å². The van der Waals surface area contributed by atoms with E-state index in [1.54, 1.807) is 24.3 Å². The maximum absolute atomic E-state index is 11.7. The van der Waals surface area contributed by atoms with Gasteiger partial charge in [0.2, 0.25) is 11.8 Å². The van der Waals surface area contributed by atoms with Crippen molar-refractivity contribution in [3.05, 3.63) is 59.1 Å². The number of carbonyl (C=O) groups excluding carboxylic acids is 2. The van der Waals surface area contributed by atoms with E-state index >= 15 is 0 Å². The maximum Gasteiger partial charge on any atom is 0.233 e. The summed E-state index contributed by atoms with van der Waals surface area (Å²) in [6.45, 7) is 0. The first kappa shape index (κ1) is 14.3. The summed E-state index contributed by atoms with van der Waals surface area (Å²) in [6.07, 6.45) is -0.217. The fourth-order valence-corrected chi connectivity index (χ4v) is 1.88. The second-order valence-electron chi connectivity index (χ2n) is 4.15. The average Bonchev–Trinajstić information content (AvgIpc) is 2.42. The smallest absolute Gasteiger partial charge is 0.233 e. The lowest BCUT2D eigenvalue weighted by atomic mass is 10.3. The van der Waals surface area contributed by atoms with Crippen LogP contribution in [0.15, 0.2) is 59.1 Å². The third kappa shape index (κ3) is 4.51. The Hall–Kier alpha value is -2.14. The maximum atomic E-state index is 11.7. The quantitative estimate of drug-likeness (QED) is 0.843. The first-order valence-corrected chi connectivity index (χ1v) is 6.83. The van der Waals surface area contributed by atoms with Crippen molar-refractivity contribution in [2.75, 3.05) is 10.6 Å². The monoisotopic (exact) mass is 332 g/mol. The average molecular weight is 333 g/mol. The van der Waals surface area contributed by atoms with Crippen molar-refractivity contribution in [2.24, 2.45) is 0 Å². The van der Waals surface area contributed by atoms with Crippen molar-refractivity contribution in [2.45, 2.75) is 6.42 Å². The number of halogens is 1. The van der Waals surface area contributed by atoms with Crippen molar-refractivity contribution in [3.63, 3.8) is 0 Å². The number of hydrogen-bond donors (Lipinski definition) is 2. The van der Waals surface area contributed by atoms with Crippen molar-refractivity contribution in [1.29, 1.82) is 0 Å². The van der Waals surface area contributed by atoms with E-state index in [1.165, 1.54) is 0 Å². The van der Waals surface area contributed by atoms with Gasteiger partial charge in [-0.3, -0.25) is 9.59 Å². The summed E-state index contributed by atoms with van der Waals surface area (Å²) in [4.78, 5) is 23.4. The van der Waals surface area contributed by atoms with E-state index in [1.807, 2.05) is 30.3 Å². The Labute approximate surface area is 125 Å². The molecule has 5 heteroatoms. The first-order valence-electron chi connectivity index (χ1n) is 6.04. The lowest BCUT2D eigenvalue weighted by Crippen LogP contribution is -2.21. The number of amides is 2. The highest BCUT2D eigenvalue weighted by Crippen LogP contribution is 2.14. The highest BCUT2D eigenvalue weighted by Gasteiger charge is 2.09. The topological polar surface area (TPSA) is 58.2 Å². The fourth-order valence-electron chi connectivity index (χ4n) is 1.61. The fraction of sp³-hybridized carbons (Fsp3) is 0.0667. The molecule has 0 heterocycles. The van der Waals surface area contributed by atoms with E-state index in [0.29, 0.717) is 11.4 Å². The first-order chi connectivity index (χ1) is 9.63. The number of carbonyl (C=O) groups is 2. The molecule has 2 aromatic rings.